The first-order valence-electron chi connectivity index (χ1n) is 10.4. The van der Waals surface area contributed by atoms with Crippen molar-refractivity contribution in [1.82, 2.24) is 10.3 Å². The Morgan fingerprint density at radius 3 is 2.55 bits per heavy atom. The SMILES string of the molecule is O=C(NCc1ccc(N2CCOCC2)nc1)Nc1ccc(SC2CCCC2)cc1. The van der Waals surface area contributed by atoms with Gasteiger partial charge in [-0.3, -0.25) is 0 Å². The minimum absolute atomic E-state index is 0.210. The molecule has 1 aromatic carbocycles. The topological polar surface area (TPSA) is 66.5 Å². The Balaban J connectivity index is 1.22. The van der Waals surface area contributed by atoms with Gasteiger partial charge in [0, 0.05) is 41.7 Å². The van der Waals surface area contributed by atoms with Crippen LogP contribution in [0.3, 0.4) is 0 Å². The molecule has 0 bridgehead atoms. The Hall–Kier alpha value is -2.25. The molecule has 2 N–H and O–H groups in total. The molecule has 2 aliphatic rings. The fraction of sp³-hybridized carbons (Fsp3) is 0.455. The third kappa shape index (κ3) is 5.87. The first kappa shape index (κ1) is 20.0. The number of thioether (sulfide) groups is 1. The van der Waals surface area contributed by atoms with Gasteiger partial charge in [0.05, 0.1) is 13.2 Å². The van der Waals surface area contributed by atoms with E-state index in [0.717, 1.165) is 48.6 Å². The van der Waals surface area contributed by atoms with Crippen LogP contribution in [0.2, 0.25) is 0 Å². The van der Waals surface area contributed by atoms with Crippen molar-refractivity contribution in [3.05, 3.63) is 48.2 Å². The lowest BCUT2D eigenvalue weighted by Crippen LogP contribution is -2.36. The van der Waals surface area contributed by atoms with Crippen LogP contribution in [-0.4, -0.2) is 42.6 Å². The predicted octanol–water partition coefficient (Wildman–Crippen LogP) is 4.27. The average Bonchev–Trinajstić information content (AvgIpc) is 3.28. The van der Waals surface area contributed by atoms with E-state index in [4.69, 9.17) is 4.74 Å². The lowest BCUT2D eigenvalue weighted by Gasteiger charge is -2.27. The second-order valence-corrected chi connectivity index (χ2v) is 8.85. The molecular formula is C22H28N4O2S. The summed E-state index contributed by atoms with van der Waals surface area (Å²) in [7, 11) is 0. The van der Waals surface area contributed by atoms with Gasteiger partial charge in [-0.1, -0.05) is 18.9 Å². The number of morpholine rings is 1. The quantitative estimate of drug-likeness (QED) is 0.742. The lowest BCUT2D eigenvalue weighted by atomic mass is 10.2. The second kappa shape index (κ2) is 9.98. The standard InChI is InChI=1S/C22H28N4O2S/c27-22(25-18-6-8-20(9-7-18)29-19-3-1-2-4-19)24-16-17-5-10-21(23-15-17)26-11-13-28-14-12-26/h5-10,15,19H,1-4,11-14,16H2,(H2,24,25,27). The molecule has 0 atom stereocenters. The normalized spacial score (nSPS) is 17.3. The number of amides is 2. The molecule has 2 heterocycles. The molecule has 154 valence electrons. The number of rotatable bonds is 6. The molecule has 1 saturated heterocycles. The summed E-state index contributed by atoms with van der Waals surface area (Å²) in [6.45, 7) is 3.66. The van der Waals surface area contributed by atoms with Gasteiger partial charge in [0.25, 0.3) is 0 Å². The summed E-state index contributed by atoms with van der Waals surface area (Å²) in [5.74, 6) is 0.956. The summed E-state index contributed by atoms with van der Waals surface area (Å²) >= 11 is 1.95. The fourth-order valence-electron chi connectivity index (χ4n) is 3.67. The molecule has 6 nitrogen and oxygen atoms in total. The van der Waals surface area contributed by atoms with E-state index in [2.05, 4.69) is 32.7 Å². The number of pyridine rings is 1. The molecule has 29 heavy (non-hydrogen) atoms. The first-order chi connectivity index (χ1) is 14.3. The molecule has 4 rings (SSSR count). The van der Waals surface area contributed by atoms with Gasteiger partial charge in [-0.2, -0.15) is 0 Å². The molecule has 1 saturated carbocycles. The van der Waals surface area contributed by atoms with Crippen LogP contribution in [0.4, 0.5) is 16.3 Å². The molecule has 2 fully saturated rings. The van der Waals surface area contributed by atoms with Crippen LogP contribution in [0.25, 0.3) is 0 Å². The third-order valence-corrected chi connectivity index (χ3v) is 6.66. The van der Waals surface area contributed by atoms with Crippen molar-refractivity contribution in [2.24, 2.45) is 0 Å². The molecule has 0 radical (unpaired) electrons. The summed E-state index contributed by atoms with van der Waals surface area (Å²) < 4.78 is 5.37. The van der Waals surface area contributed by atoms with E-state index in [0.29, 0.717) is 6.54 Å². The zero-order valence-electron chi connectivity index (χ0n) is 16.6. The smallest absolute Gasteiger partial charge is 0.319 e. The maximum atomic E-state index is 12.2. The molecular weight excluding hydrogens is 384 g/mol. The Kier molecular flexibility index (Phi) is 6.90. The molecule has 7 heteroatoms. The van der Waals surface area contributed by atoms with Crippen molar-refractivity contribution in [1.29, 1.82) is 0 Å². The molecule has 0 spiro atoms. The zero-order chi connectivity index (χ0) is 19.9. The van der Waals surface area contributed by atoms with Crippen LogP contribution in [0.1, 0.15) is 31.2 Å². The van der Waals surface area contributed by atoms with Crippen molar-refractivity contribution in [2.45, 2.75) is 42.4 Å². The van der Waals surface area contributed by atoms with Gasteiger partial charge < -0.3 is 20.3 Å². The highest BCUT2D eigenvalue weighted by Crippen LogP contribution is 2.34. The van der Waals surface area contributed by atoms with Crippen LogP contribution in [0, 0.1) is 0 Å². The molecule has 1 aromatic heterocycles. The van der Waals surface area contributed by atoms with Crippen molar-refractivity contribution < 1.29 is 9.53 Å². The van der Waals surface area contributed by atoms with Gasteiger partial charge in [-0.25, -0.2) is 9.78 Å². The van der Waals surface area contributed by atoms with E-state index in [1.807, 2.05) is 42.2 Å². The van der Waals surface area contributed by atoms with Crippen molar-refractivity contribution in [2.75, 3.05) is 36.5 Å². The summed E-state index contributed by atoms with van der Waals surface area (Å²) in [5.41, 5.74) is 1.78. The van der Waals surface area contributed by atoms with Crippen LogP contribution in [-0.2, 0) is 11.3 Å². The van der Waals surface area contributed by atoms with Crippen LogP contribution < -0.4 is 15.5 Å². The fourth-order valence-corrected chi connectivity index (χ4v) is 4.92. The number of hydrogen-bond acceptors (Lipinski definition) is 5. The molecule has 1 aliphatic carbocycles. The van der Waals surface area contributed by atoms with Crippen molar-refractivity contribution >= 4 is 29.3 Å². The number of urea groups is 1. The number of carbonyl (C=O) groups is 1. The Morgan fingerprint density at radius 1 is 1.10 bits per heavy atom. The average molecular weight is 413 g/mol. The number of nitrogens with zero attached hydrogens (tertiary/aromatic N) is 2. The van der Waals surface area contributed by atoms with E-state index in [1.165, 1.54) is 30.6 Å². The van der Waals surface area contributed by atoms with Crippen LogP contribution in [0.15, 0.2) is 47.5 Å². The molecule has 2 aromatic rings. The van der Waals surface area contributed by atoms with E-state index >= 15 is 0 Å². The highest BCUT2D eigenvalue weighted by molar-refractivity contribution is 8.00. The van der Waals surface area contributed by atoms with Gasteiger partial charge in [0.1, 0.15) is 5.82 Å². The van der Waals surface area contributed by atoms with E-state index in [-0.39, 0.29) is 6.03 Å². The number of ether oxygens (including phenoxy) is 1. The van der Waals surface area contributed by atoms with Gasteiger partial charge in [-0.15, -0.1) is 11.8 Å². The zero-order valence-corrected chi connectivity index (χ0v) is 17.4. The summed E-state index contributed by atoms with van der Waals surface area (Å²) in [6, 6.07) is 11.9. The lowest BCUT2D eigenvalue weighted by molar-refractivity contribution is 0.122. The monoisotopic (exact) mass is 412 g/mol. The highest BCUT2D eigenvalue weighted by Gasteiger charge is 2.16. The minimum Gasteiger partial charge on any atom is -0.378 e. The number of nitrogens with one attached hydrogen (secondary N) is 2. The Bertz CT molecular complexity index is 785. The van der Waals surface area contributed by atoms with Gasteiger partial charge >= 0.3 is 6.03 Å². The first-order valence-corrected chi connectivity index (χ1v) is 11.2. The third-order valence-electron chi connectivity index (χ3n) is 5.31. The minimum atomic E-state index is -0.210. The highest BCUT2D eigenvalue weighted by atomic mass is 32.2. The van der Waals surface area contributed by atoms with Gasteiger partial charge in [0.2, 0.25) is 0 Å². The maximum Gasteiger partial charge on any atom is 0.319 e. The maximum absolute atomic E-state index is 12.2. The molecule has 2 amide bonds. The van der Waals surface area contributed by atoms with Crippen molar-refractivity contribution in [3.63, 3.8) is 0 Å². The summed E-state index contributed by atoms with van der Waals surface area (Å²) in [6.07, 6.45) is 7.15. The van der Waals surface area contributed by atoms with Gasteiger partial charge in [-0.05, 0) is 48.7 Å². The van der Waals surface area contributed by atoms with Crippen LogP contribution >= 0.6 is 11.8 Å². The summed E-state index contributed by atoms with van der Waals surface area (Å²) in [5, 5.41) is 6.54. The predicted molar refractivity (Wildman–Crippen MR) is 118 cm³/mol. The number of aromatic nitrogens is 1. The number of hydrogen-bond donors (Lipinski definition) is 2. The molecule has 0 unspecified atom stereocenters. The Morgan fingerprint density at radius 2 is 1.86 bits per heavy atom. The van der Waals surface area contributed by atoms with E-state index in [9.17, 15) is 4.79 Å². The largest absolute Gasteiger partial charge is 0.378 e. The second-order valence-electron chi connectivity index (χ2n) is 7.48. The summed E-state index contributed by atoms with van der Waals surface area (Å²) in [4.78, 5) is 20.2. The Labute approximate surface area is 176 Å². The molecule has 1 aliphatic heterocycles. The van der Waals surface area contributed by atoms with E-state index < -0.39 is 0 Å². The number of anilines is 2. The van der Waals surface area contributed by atoms with E-state index in [1.54, 1.807) is 0 Å². The number of benzene rings is 1. The number of carbonyl (C=O) groups excluding carboxylic acids is 1. The van der Waals surface area contributed by atoms with Gasteiger partial charge in [0.15, 0.2) is 0 Å². The van der Waals surface area contributed by atoms with Crippen molar-refractivity contribution in [3.8, 4) is 0 Å². The van der Waals surface area contributed by atoms with Crippen LogP contribution in [0.5, 0.6) is 0 Å².